The van der Waals surface area contributed by atoms with E-state index >= 15 is 0 Å². The van der Waals surface area contributed by atoms with Crippen molar-refractivity contribution in [1.82, 2.24) is 10.2 Å². The van der Waals surface area contributed by atoms with Gasteiger partial charge in [-0.2, -0.15) is 18.4 Å². The highest BCUT2D eigenvalue weighted by Crippen LogP contribution is 2.56. The van der Waals surface area contributed by atoms with Gasteiger partial charge in [0, 0.05) is 41.7 Å². The van der Waals surface area contributed by atoms with E-state index in [0.29, 0.717) is 44.8 Å². The number of carbonyl (C=O) groups is 2. The maximum Gasteiger partial charge on any atom is 0.416 e. The molecule has 3 aromatic rings. The number of nitrogens with two attached hydrogens (primary N) is 1. The Labute approximate surface area is 241 Å². The van der Waals surface area contributed by atoms with Crippen molar-refractivity contribution >= 4 is 45.6 Å². The van der Waals surface area contributed by atoms with Crippen molar-refractivity contribution in [2.45, 2.75) is 40.9 Å². The van der Waals surface area contributed by atoms with Gasteiger partial charge in [-0.25, -0.2) is 0 Å². The number of amides is 1. The van der Waals surface area contributed by atoms with Gasteiger partial charge in [-0.3, -0.25) is 14.5 Å². The number of nitriles is 1. The van der Waals surface area contributed by atoms with E-state index in [0.717, 1.165) is 23.5 Å². The maximum atomic E-state index is 14.0. The number of allylic oxidation sites excluding steroid dienone is 1. The van der Waals surface area contributed by atoms with Crippen LogP contribution in [0.2, 0.25) is 0 Å². The van der Waals surface area contributed by atoms with Crippen molar-refractivity contribution < 1.29 is 22.8 Å². The van der Waals surface area contributed by atoms with Gasteiger partial charge in [-0.05, 0) is 30.5 Å². The van der Waals surface area contributed by atoms with Crippen LogP contribution in [-0.2, 0) is 26.9 Å². The molecule has 0 bridgehead atoms. The number of thioether (sulfide) groups is 1. The average Bonchev–Trinajstić information content (AvgIpc) is 3.50. The molecule has 13 heteroatoms. The van der Waals surface area contributed by atoms with Gasteiger partial charge in [0.1, 0.15) is 17.3 Å². The molecule has 0 saturated carbocycles. The van der Waals surface area contributed by atoms with E-state index < -0.39 is 23.1 Å². The third-order valence-electron chi connectivity index (χ3n) is 7.51. The first kappa shape index (κ1) is 27.0. The van der Waals surface area contributed by atoms with E-state index in [1.54, 1.807) is 37.4 Å². The lowest BCUT2D eigenvalue weighted by Gasteiger charge is -2.42. The Hall–Kier alpha value is -4.15. The van der Waals surface area contributed by atoms with Crippen LogP contribution in [0, 0.1) is 11.3 Å². The molecular formula is C28H21F3N6O2S2. The first-order valence-electron chi connectivity index (χ1n) is 12.6. The first-order valence-corrected chi connectivity index (χ1v) is 14.4. The van der Waals surface area contributed by atoms with Crippen LogP contribution in [0.25, 0.3) is 0 Å². The molecule has 0 unspecified atom stereocenters. The van der Waals surface area contributed by atoms with Gasteiger partial charge < -0.3 is 10.6 Å². The number of Topliss-reactive ketones (excluding diaryl/α,β-unsaturated/α-hetero) is 1. The van der Waals surface area contributed by atoms with Gasteiger partial charge in [0.15, 0.2) is 10.1 Å². The zero-order chi connectivity index (χ0) is 29.1. The van der Waals surface area contributed by atoms with Crippen LogP contribution in [0.3, 0.4) is 0 Å². The molecule has 0 radical (unpaired) electrons. The largest absolute Gasteiger partial charge is 0.416 e. The highest BCUT2D eigenvalue weighted by atomic mass is 32.2. The van der Waals surface area contributed by atoms with Gasteiger partial charge in [-0.15, -0.1) is 10.2 Å². The van der Waals surface area contributed by atoms with Crippen molar-refractivity contribution in [2.75, 3.05) is 16.8 Å². The van der Waals surface area contributed by atoms with Gasteiger partial charge in [0.25, 0.3) is 0 Å². The number of fused-ring (bicyclic) bond motifs is 3. The molecule has 0 saturated heterocycles. The van der Waals surface area contributed by atoms with Crippen molar-refractivity contribution in [2.24, 2.45) is 5.73 Å². The summed E-state index contributed by atoms with van der Waals surface area (Å²) in [7, 11) is 1.61. The molecule has 8 nitrogen and oxygen atoms in total. The van der Waals surface area contributed by atoms with Gasteiger partial charge in [0.2, 0.25) is 11.0 Å². The molecule has 0 fully saturated rings. The Morgan fingerprint density at radius 1 is 1.15 bits per heavy atom. The van der Waals surface area contributed by atoms with Crippen molar-refractivity contribution in [3.8, 4) is 6.07 Å². The molecule has 1 amide bonds. The summed E-state index contributed by atoms with van der Waals surface area (Å²) in [4.78, 5) is 30.6. The molecule has 3 aliphatic rings. The summed E-state index contributed by atoms with van der Waals surface area (Å²) in [5.74, 6) is -0.445. The summed E-state index contributed by atoms with van der Waals surface area (Å²) < 4.78 is 39.8. The Bertz CT molecular complexity index is 1720. The third-order valence-corrected chi connectivity index (χ3v) is 9.63. The van der Waals surface area contributed by atoms with E-state index in [-0.39, 0.29) is 34.9 Å². The SMILES string of the molecule is CN1C(=O)[C@]2(C(C#N)=C(N)N(c3nnc(SCc4cccc(C(F)(F)F)c4)s3)C3=C2C(=O)CCC3)c2ccccc21. The summed E-state index contributed by atoms with van der Waals surface area (Å²) in [6.07, 6.45) is -3.27. The molecule has 208 valence electrons. The topological polar surface area (TPSA) is 116 Å². The van der Waals surface area contributed by atoms with Crippen molar-refractivity contribution in [1.29, 1.82) is 5.26 Å². The smallest absolute Gasteiger partial charge is 0.384 e. The van der Waals surface area contributed by atoms with Crippen molar-refractivity contribution in [3.05, 3.63) is 87.9 Å². The number of hydrogen-bond donors (Lipinski definition) is 1. The molecule has 1 aromatic heterocycles. The lowest BCUT2D eigenvalue weighted by Crippen LogP contribution is -2.52. The zero-order valence-corrected chi connectivity index (χ0v) is 23.2. The number of halogens is 3. The quantitative estimate of drug-likeness (QED) is 0.406. The molecule has 3 heterocycles. The molecule has 2 aliphatic heterocycles. The molecule has 1 aliphatic carbocycles. The van der Waals surface area contributed by atoms with Gasteiger partial charge >= 0.3 is 6.18 Å². The number of benzene rings is 2. The molecule has 1 atom stereocenters. The predicted molar refractivity (Wildman–Crippen MR) is 148 cm³/mol. The number of likely N-dealkylation sites (N-methyl/N-ethyl adjacent to an activating group) is 1. The fraction of sp³-hybridized carbons (Fsp3) is 0.250. The second kappa shape index (κ2) is 9.74. The number of anilines is 2. The number of alkyl halides is 3. The molecular weight excluding hydrogens is 573 g/mol. The molecule has 1 spiro atoms. The van der Waals surface area contributed by atoms with Crippen LogP contribution >= 0.6 is 23.1 Å². The normalized spacial score (nSPS) is 20.6. The van der Waals surface area contributed by atoms with Gasteiger partial charge in [-0.1, -0.05) is 59.5 Å². The predicted octanol–water partition coefficient (Wildman–Crippen LogP) is 5.28. The monoisotopic (exact) mass is 594 g/mol. The van der Waals surface area contributed by atoms with Crippen LogP contribution in [0.5, 0.6) is 0 Å². The molecule has 2 N–H and O–H groups in total. The minimum absolute atomic E-state index is 0.00928. The summed E-state index contributed by atoms with van der Waals surface area (Å²) in [6, 6.07) is 14.3. The van der Waals surface area contributed by atoms with Crippen LogP contribution in [0.15, 0.2) is 75.5 Å². The van der Waals surface area contributed by atoms with Crippen LogP contribution in [0.4, 0.5) is 24.0 Å². The molecule has 2 aromatic carbocycles. The maximum absolute atomic E-state index is 14.0. The van der Waals surface area contributed by atoms with Crippen molar-refractivity contribution in [3.63, 3.8) is 0 Å². The van der Waals surface area contributed by atoms with Crippen LogP contribution in [0.1, 0.15) is 36.0 Å². The molecule has 6 rings (SSSR count). The minimum atomic E-state index is -4.44. The lowest BCUT2D eigenvalue weighted by atomic mass is 9.64. The minimum Gasteiger partial charge on any atom is -0.384 e. The summed E-state index contributed by atoms with van der Waals surface area (Å²) in [5.41, 5.74) is 6.55. The van der Waals surface area contributed by atoms with Gasteiger partial charge in [0.05, 0.1) is 11.1 Å². The number of carbonyl (C=O) groups excluding carboxylic acids is 2. The Balaban J connectivity index is 1.41. The van der Waals surface area contributed by atoms with Crippen LogP contribution in [-0.4, -0.2) is 28.9 Å². The van der Waals surface area contributed by atoms with E-state index in [1.807, 2.05) is 0 Å². The standard InChI is InChI=1S/C28H21F3N6O2S2/c1-36-19-9-3-2-8-17(19)27(24(36)39)18(13-32)23(33)37(20-10-5-11-21(38)22(20)27)25-34-35-26(41-25)40-14-15-6-4-7-16(12-15)28(29,30)31/h2-4,6-9,12H,5,10-11,14,33H2,1H3/t27-/m0/s1. The average molecular weight is 595 g/mol. The number of nitrogens with zero attached hydrogens (tertiary/aromatic N) is 5. The lowest BCUT2D eigenvalue weighted by molar-refractivity contribution is -0.137. The van der Waals surface area contributed by atoms with E-state index in [9.17, 15) is 28.0 Å². The number of ketones is 1. The number of aromatic nitrogens is 2. The van der Waals surface area contributed by atoms with E-state index in [2.05, 4.69) is 16.3 Å². The Morgan fingerprint density at radius 2 is 1.93 bits per heavy atom. The summed E-state index contributed by atoms with van der Waals surface area (Å²) in [5, 5.41) is 19.2. The van der Waals surface area contributed by atoms with Crippen LogP contribution < -0.4 is 15.5 Å². The Morgan fingerprint density at radius 3 is 2.68 bits per heavy atom. The van der Waals surface area contributed by atoms with E-state index in [4.69, 9.17) is 5.73 Å². The number of para-hydroxylation sites is 1. The second-order valence-corrected chi connectivity index (χ2v) is 12.0. The van der Waals surface area contributed by atoms with E-state index in [1.165, 1.54) is 27.6 Å². The fourth-order valence-corrected chi connectivity index (χ4v) is 7.61. The summed E-state index contributed by atoms with van der Waals surface area (Å²) in [6.45, 7) is 0. The Kier molecular flexibility index (Phi) is 6.43. The second-order valence-electron chi connectivity index (χ2n) is 9.77. The number of rotatable bonds is 4. The highest BCUT2D eigenvalue weighted by Gasteiger charge is 2.61. The molecule has 41 heavy (non-hydrogen) atoms. The number of hydrogen-bond acceptors (Lipinski definition) is 9. The fourth-order valence-electron chi connectivity index (χ4n) is 5.79. The first-order chi connectivity index (χ1) is 19.6. The zero-order valence-electron chi connectivity index (χ0n) is 21.5. The highest BCUT2D eigenvalue weighted by molar-refractivity contribution is 8.00. The third kappa shape index (κ3) is 4.04. The summed E-state index contributed by atoms with van der Waals surface area (Å²) >= 11 is 2.35.